The highest BCUT2D eigenvalue weighted by atomic mass is 35.5. The maximum Gasteiger partial charge on any atom is 0.417 e. The van der Waals surface area contributed by atoms with Gasteiger partial charge in [0.25, 0.3) is 0 Å². The van der Waals surface area contributed by atoms with E-state index in [1.165, 1.54) is 19.4 Å². The third-order valence-corrected chi connectivity index (χ3v) is 5.19. The summed E-state index contributed by atoms with van der Waals surface area (Å²) in [5, 5.41) is -0.187. The number of aromatic nitrogens is 1. The molecule has 23 heavy (non-hydrogen) atoms. The highest BCUT2D eigenvalue weighted by Gasteiger charge is 2.38. The molecule has 0 N–H and O–H groups in total. The standard InChI is InChI=1S/C14H12ClF3N2O2S/c1-20(9-10-4-6-19-7-5-10)23(21,22)13-3-2-11(15)8-12(13)14(16,17)18/h2-8H,9H2,1H3. The third kappa shape index (κ3) is 4.01. The van der Waals surface area contributed by atoms with Crippen LogP contribution in [0.25, 0.3) is 0 Å². The largest absolute Gasteiger partial charge is 0.417 e. The molecule has 1 aromatic heterocycles. The van der Waals surface area contributed by atoms with Crippen molar-refractivity contribution >= 4 is 21.6 Å². The maximum absolute atomic E-state index is 13.1. The smallest absolute Gasteiger partial charge is 0.265 e. The van der Waals surface area contributed by atoms with Crippen molar-refractivity contribution in [1.82, 2.24) is 9.29 Å². The fraction of sp³-hybridized carbons (Fsp3) is 0.214. The van der Waals surface area contributed by atoms with Crippen molar-refractivity contribution in [2.24, 2.45) is 0 Å². The number of halogens is 4. The van der Waals surface area contributed by atoms with E-state index in [-0.39, 0.29) is 11.6 Å². The second-order valence-corrected chi connectivity index (χ2v) is 7.20. The second-order valence-electron chi connectivity index (χ2n) is 4.75. The Labute approximate surface area is 136 Å². The first kappa shape index (κ1) is 17.7. The molecule has 0 amide bonds. The van der Waals surface area contributed by atoms with Gasteiger partial charge in [-0.25, -0.2) is 8.42 Å². The molecule has 2 aromatic rings. The molecule has 0 saturated heterocycles. The molecular formula is C14H12ClF3N2O2S. The van der Waals surface area contributed by atoms with E-state index >= 15 is 0 Å². The summed E-state index contributed by atoms with van der Waals surface area (Å²) in [6, 6.07) is 5.75. The zero-order valence-electron chi connectivity index (χ0n) is 11.9. The summed E-state index contributed by atoms with van der Waals surface area (Å²) in [7, 11) is -3.12. The molecule has 0 atom stereocenters. The Morgan fingerprint density at radius 3 is 2.35 bits per heavy atom. The van der Waals surface area contributed by atoms with Gasteiger partial charge in [0.05, 0.1) is 10.5 Å². The van der Waals surface area contributed by atoms with Crippen LogP contribution in [0, 0.1) is 0 Å². The van der Waals surface area contributed by atoms with Crippen LogP contribution < -0.4 is 0 Å². The average Bonchev–Trinajstić information content (AvgIpc) is 2.47. The SMILES string of the molecule is CN(Cc1ccncc1)S(=O)(=O)c1ccc(Cl)cc1C(F)(F)F. The molecule has 0 saturated carbocycles. The molecule has 9 heteroatoms. The van der Waals surface area contributed by atoms with Gasteiger partial charge >= 0.3 is 6.18 Å². The third-order valence-electron chi connectivity index (χ3n) is 3.09. The molecule has 0 spiro atoms. The number of sulfonamides is 1. The highest BCUT2D eigenvalue weighted by molar-refractivity contribution is 7.89. The molecule has 0 aliphatic heterocycles. The monoisotopic (exact) mass is 364 g/mol. The van der Waals surface area contributed by atoms with Crippen LogP contribution in [0.4, 0.5) is 13.2 Å². The van der Waals surface area contributed by atoms with E-state index in [0.717, 1.165) is 16.4 Å². The molecule has 0 aliphatic rings. The van der Waals surface area contributed by atoms with Crippen LogP contribution in [0.2, 0.25) is 5.02 Å². The van der Waals surface area contributed by atoms with E-state index in [4.69, 9.17) is 11.6 Å². The summed E-state index contributed by atoms with van der Waals surface area (Å²) < 4.78 is 65.1. The van der Waals surface area contributed by atoms with Gasteiger partial charge in [0.1, 0.15) is 0 Å². The predicted molar refractivity (Wildman–Crippen MR) is 79.3 cm³/mol. The van der Waals surface area contributed by atoms with E-state index < -0.39 is 26.7 Å². The van der Waals surface area contributed by atoms with Crippen molar-refractivity contribution in [1.29, 1.82) is 0 Å². The van der Waals surface area contributed by atoms with E-state index in [1.54, 1.807) is 12.1 Å². The van der Waals surface area contributed by atoms with Gasteiger partial charge in [0, 0.05) is 31.0 Å². The van der Waals surface area contributed by atoms with Crippen molar-refractivity contribution in [3.63, 3.8) is 0 Å². The molecule has 1 aromatic carbocycles. The first-order valence-electron chi connectivity index (χ1n) is 6.34. The number of hydrogen-bond acceptors (Lipinski definition) is 3. The van der Waals surface area contributed by atoms with Crippen LogP contribution in [0.5, 0.6) is 0 Å². The van der Waals surface area contributed by atoms with E-state index in [1.807, 2.05) is 0 Å². The fourth-order valence-corrected chi connectivity index (χ4v) is 3.47. The van der Waals surface area contributed by atoms with Gasteiger partial charge in [0.15, 0.2) is 0 Å². The van der Waals surface area contributed by atoms with Gasteiger partial charge in [0.2, 0.25) is 10.0 Å². The summed E-state index contributed by atoms with van der Waals surface area (Å²) in [5.41, 5.74) is -0.680. The first-order chi connectivity index (χ1) is 10.6. The first-order valence-corrected chi connectivity index (χ1v) is 8.16. The van der Waals surface area contributed by atoms with Crippen LogP contribution in [0.15, 0.2) is 47.6 Å². The lowest BCUT2D eigenvalue weighted by Gasteiger charge is -2.20. The molecule has 1 heterocycles. The van der Waals surface area contributed by atoms with Crippen molar-refractivity contribution < 1.29 is 21.6 Å². The van der Waals surface area contributed by atoms with Gasteiger partial charge in [-0.1, -0.05) is 11.6 Å². The topological polar surface area (TPSA) is 50.3 Å². The van der Waals surface area contributed by atoms with Crippen LogP contribution in [0.1, 0.15) is 11.1 Å². The molecule has 0 bridgehead atoms. The summed E-state index contributed by atoms with van der Waals surface area (Å²) in [4.78, 5) is 2.97. The average molecular weight is 365 g/mol. The molecule has 4 nitrogen and oxygen atoms in total. The fourth-order valence-electron chi connectivity index (χ4n) is 1.95. The van der Waals surface area contributed by atoms with Gasteiger partial charge < -0.3 is 0 Å². The lowest BCUT2D eigenvalue weighted by atomic mass is 10.2. The van der Waals surface area contributed by atoms with Crippen LogP contribution in [0.3, 0.4) is 0 Å². The molecule has 0 aliphatic carbocycles. The van der Waals surface area contributed by atoms with Gasteiger partial charge in [-0.05, 0) is 35.9 Å². The number of hydrogen-bond donors (Lipinski definition) is 0. The summed E-state index contributed by atoms with van der Waals surface area (Å²) in [5.74, 6) is 0. The van der Waals surface area contributed by atoms with Crippen molar-refractivity contribution in [3.8, 4) is 0 Å². The van der Waals surface area contributed by atoms with Gasteiger partial charge in [-0.2, -0.15) is 17.5 Å². The predicted octanol–water partition coefficient (Wildman–Crippen LogP) is 3.57. The van der Waals surface area contributed by atoms with E-state index in [9.17, 15) is 21.6 Å². The normalized spacial score (nSPS) is 12.6. The van der Waals surface area contributed by atoms with E-state index in [2.05, 4.69) is 4.98 Å². The lowest BCUT2D eigenvalue weighted by Crippen LogP contribution is -2.28. The van der Waals surface area contributed by atoms with Gasteiger partial charge in [-0.15, -0.1) is 0 Å². The Morgan fingerprint density at radius 2 is 1.78 bits per heavy atom. The minimum Gasteiger partial charge on any atom is -0.265 e. The number of nitrogens with zero attached hydrogens (tertiary/aromatic N) is 2. The minimum absolute atomic E-state index is 0.0786. The number of rotatable bonds is 4. The maximum atomic E-state index is 13.1. The molecular weight excluding hydrogens is 353 g/mol. The van der Waals surface area contributed by atoms with Crippen molar-refractivity contribution in [3.05, 3.63) is 58.9 Å². The Bertz CT molecular complexity index is 795. The van der Waals surface area contributed by atoms with Crippen molar-refractivity contribution in [2.75, 3.05) is 7.05 Å². The summed E-state index contributed by atoms with van der Waals surface area (Å²) in [6.45, 7) is -0.0786. The second kappa shape index (κ2) is 6.46. The number of alkyl halides is 3. The quantitative estimate of drug-likeness (QED) is 0.833. The summed E-state index contributed by atoms with van der Waals surface area (Å²) >= 11 is 5.57. The molecule has 0 unspecified atom stereocenters. The van der Waals surface area contributed by atoms with Crippen LogP contribution in [-0.4, -0.2) is 24.8 Å². The Kier molecular flexibility index (Phi) is 4.98. The van der Waals surface area contributed by atoms with Crippen LogP contribution >= 0.6 is 11.6 Å². The Hall–Kier alpha value is -1.64. The highest BCUT2D eigenvalue weighted by Crippen LogP contribution is 2.36. The molecule has 2 rings (SSSR count). The molecule has 0 fully saturated rings. The summed E-state index contributed by atoms with van der Waals surface area (Å²) in [6.07, 6.45) is -1.89. The zero-order valence-corrected chi connectivity index (χ0v) is 13.5. The lowest BCUT2D eigenvalue weighted by molar-refractivity contribution is -0.139. The van der Waals surface area contributed by atoms with Gasteiger partial charge in [-0.3, -0.25) is 4.98 Å². The number of benzene rings is 1. The number of pyridine rings is 1. The van der Waals surface area contributed by atoms with Crippen LogP contribution in [-0.2, 0) is 22.7 Å². The zero-order chi connectivity index (χ0) is 17.3. The minimum atomic E-state index is -4.83. The molecule has 0 radical (unpaired) electrons. The van der Waals surface area contributed by atoms with E-state index in [0.29, 0.717) is 11.6 Å². The molecule has 124 valence electrons. The Balaban J connectivity index is 2.44. The Morgan fingerprint density at radius 1 is 1.17 bits per heavy atom. The van der Waals surface area contributed by atoms with Crippen molar-refractivity contribution in [2.45, 2.75) is 17.6 Å².